The van der Waals surface area contributed by atoms with Crippen molar-refractivity contribution < 1.29 is 9.18 Å². The minimum atomic E-state index is -0.288. The number of benzene rings is 1. The molecule has 5 rings (SSSR count). The first-order chi connectivity index (χ1) is 14.0. The summed E-state index contributed by atoms with van der Waals surface area (Å²) < 4.78 is 15.2. The number of hydrogen-bond donors (Lipinski definition) is 0. The molecule has 0 amide bonds. The Bertz CT molecular complexity index is 1210. The van der Waals surface area contributed by atoms with Crippen LogP contribution >= 0.6 is 11.3 Å². The molecule has 5 nitrogen and oxygen atoms in total. The van der Waals surface area contributed by atoms with Gasteiger partial charge in [-0.05, 0) is 35.1 Å². The molecule has 0 fully saturated rings. The van der Waals surface area contributed by atoms with Gasteiger partial charge in [0.1, 0.15) is 5.82 Å². The van der Waals surface area contributed by atoms with Crippen molar-refractivity contribution >= 4 is 22.8 Å². The number of halogens is 1. The summed E-state index contributed by atoms with van der Waals surface area (Å²) in [7, 11) is 0. The maximum atomic E-state index is 13.5. The summed E-state index contributed by atoms with van der Waals surface area (Å²) in [5, 5.41) is 15.5. The summed E-state index contributed by atoms with van der Waals surface area (Å²) in [5.41, 5.74) is 4.38. The van der Waals surface area contributed by atoms with E-state index in [0.717, 1.165) is 22.5 Å². The van der Waals surface area contributed by atoms with Crippen LogP contribution < -0.4 is 0 Å². The normalized spacial score (nSPS) is 16.6. The molecular formula is C22H19FN4OS. The summed E-state index contributed by atoms with van der Waals surface area (Å²) in [6.45, 7) is 4.13. The molecule has 0 bridgehead atoms. The number of Topliss-reactive ketones (excluding diaryl/α,β-unsaturated/α-hetero) is 1. The fraction of sp³-hybridized carbons (Fsp3) is 0.273. The van der Waals surface area contributed by atoms with Crippen molar-refractivity contribution in [1.82, 2.24) is 19.8 Å². The van der Waals surface area contributed by atoms with E-state index in [1.807, 2.05) is 11.4 Å². The van der Waals surface area contributed by atoms with Gasteiger partial charge in [0.15, 0.2) is 17.1 Å². The summed E-state index contributed by atoms with van der Waals surface area (Å²) in [4.78, 5) is 14.0. The quantitative estimate of drug-likeness (QED) is 0.479. The Morgan fingerprint density at radius 1 is 1.14 bits per heavy atom. The van der Waals surface area contributed by atoms with Crippen molar-refractivity contribution in [2.75, 3.05) is 0 Å². The molecular weight excluding hydrogens is 387 g/mol. The molecule has 4 aromatic rings. The molecule has 0 radical (unpaired) electrons. The van der Waals surface area contributed by atoms with Gasteiger partial charge in [-0.3, -0.25) is 4.79 Å². The van der Waals surface area contributed by atoms with Crippen LogP contribution in [0.5, 0.6) is 0 Å². The second-order valence-corrected chi connectivity index (χ2v) is 8.68. The molecule has 3 aromatic heterocycles. The van der Waals surface area contributed by atoms with E-state index in [0.29, 0.717) is 24.2 Å². The number of thiophene rings is 1. The van der Waals surface area contributed by atoms with Crippen molar-refractivity contribution in [2.45, 2.75) is 38.5 Å². The highest BCUT2D eigenvalue weighted by Crippen LogP contribution is 2.37. The van der Waals surface area contributed by atoms with Crippen molar-refractivity contribution in [3.63, 3.8) is 0 Å². The Hall–Kier alpha value is -2.93. The Morgan fingerprint density at radius 2 is 1.93 bits per heavy atom. The topological polar surface area (TPSA) is 60.1 Å². The van der Waals surface area contributed by atoms with E-state index in [2.05, 4.69) is 30.1 Å². The van der Waals surface area contributed by atoms with E-state index in [4.69, 9.17) is 5.10 Å². The molecule has 146 valence electrons. The van der Waals surface area contributed by atoms with Crippen LogP contribution in [0.15, 0.2) is 41.8 Å². The standard InChI is InChI=1S/C22H19FN4OS/c1-12(2)20-19(13-5-7-15(23)8-6-13)22-25-24-21-16(27(22)26-20)10-14(11-17(21)28)18-4-3-9-29-18/h3-9,12,14H,10-11H2,1-2H3. The van der Waals surface area contributed by atoms with E-state index in [9.17, 15) is 9.18 Å². The van der Waals surface area contributed by atoms with Crippen LogP contribution in [0.1, 0.15) is 58.9 Å². The first-order valence-electron chi connectivity index (χ1n) is 9.63. The zero-order valence-electron chi connectivity index (χ0n) is 16.1. The van der Waals surface area contributed by atoms with E-state index >= 15 is 0 Å². The third kappa shape index (κ3) is 2.97. The van der Waals surface area contributed by atoms with Crippen LogP contribution in [0, 0.1) is 5.82 Å². The zero-order valence-corrected chi connectivity index (χ0v) is 16.9. The smallest absolute Gasteiger partial charge is 0.185 e. The van der Waals surface area contributed by atoms with Gasteiger partial charge in [-0.25, -0.2) is 8.91 Å². The third-order valence-electron chi connectivity index (χ3n) is 5.42. The molecule has 1 aromatic carbocycles. The Morgan fingerprint density at radius 3 is 2.62 bits per heavy atom. The number of ketones is 1. The minimum absolute atomic E-state index is 0.00368. The number of hydrogen-bond acceptors (Lipinski definition) is 5. The molecule has 0 saturated heterocycles. The second-order valence-electron chi connectivity index (χ2n) is 7.70. The van der Waals surface area contributed by atoms with Crippen molar-refractivity contribution in [3.8, 4) is 11.1 Å². The predicted octanol–water partition coefficient (Wildman–Crippen LogP) is 5.03. The summed E-state index contributed by atoms with van der Waals surface area (Å²) >= 11 is 1.67. The Kier molecular flexibility index (Phi) is 4.28. The molecule has 0 spiro atoms. The van der Waals surface area contributed by atoms with Gasteiger partial charge in [-0.1, -0.05) is 32.0 Å². The number of nitrogens with zero attached hydrogens (tertiary/aromatic N) is 4. The zero-order chi connectivity index (χ0) is 20.1. The lowest BCUT2D eigenvalue weighted by Gasteiger charge is -2.21. The number of fused-ring (bicyclic) bond motifs is 3. The first kappa shape index (κ1) is 18.1. The van der Waals surface area contributed by atoms with Crippen LogP contribution in [-0.4, -0.2) is 25.6 Å². The number of aromatic nitrogens is 4. The fourth-order valence-electron chi connectivity index (χ4n) is 4.01. The van der Waals surface area contributed by atoms with Crippen LogP contribution in [0.25, 0.3) is 16.8 Å². The van der Waals surface area contributed by atoms with Crippen LogP contribution in [-0.2, 0) is 6.42 Å². The summed E-state index contributed by atoms with van der Waals surface area (Å²) in [5.74, 6) is -0.0173. The molecule has 0 aliphatic heterocycles. The molecule has 7 heteroatoms. The van der Waals surface area contributed by atoms with Gasteiger partial charge in [0, 0.05) is 23.6 Å². The highest BCUT2D eigenvalue weighted by molar-refractivity contribution is 7.10. The highest BCUT2D eigenvalue weighted by atomic mass is 32.1. The van der Waals surface area contributed by atoms with E-state index in [-0.39, 0.29) is 23.4 Å². The van der Waals surface area contributed by atoms with Gasteiger partial charge >= 0.3 is 0 Å². The van der Waals surface area contributed by atoms with E-state index in [1.54, 1.807) is 28.0 Å². The van der Waals surface area contributed by atoms with Crippen LogP contribution in [0.4, 0.5) is 4.39 Å². The molecule has 0 saturated carbocycles. The van der Waals surface area contributed by atoms with Gasteiger partial charge in [-0.2, -0.15) is 5.10 Å². The molecule has 29 heavy (non-hydrogen) atoms. The molecule has 1 aliphatic rings. The number of carbonyl (C=O) groups excluding carboxylic acids is 1. The van der Waals surface area contributed by atoms with Crippen LogP contribution in [0.3, 0.4) is 0 Å². The molecule has 1 unspecified atom stereocenters. The fourth-order valence-corrected chi connectivity index (χ4v) is 4.84. The number of rotatable bonds is 3. The Labute approximate surface area is 171 Å². The van der Waals surface area contributed by atoms with Crippen molar-refractivity contribution in [2.24, 2.45) is 0 Å². The predicted molar refractivity (Wildman–Crippen MR) is 110 cm³/mol. The third-order valence-corrected chi connectivity index (χ3v) is 6.46. The maximum Gasteiger partial charge on any atom is 0.185 e. The van der Waals surface area contributed by atoms with Gasteiger partial charge < -0.3 is 0 Å². The largest absolute Gasteiger partial charge is 0.292 e. The SMILES string of the molecule is CC(C)c1nn2c3c(nnc2c1-c1ccc(F)cc1)C(=O)CC(c1cccs1)C3. The minimum Gasteiger partial charge on any atom is -0.292 e. The molecule has 3 heterocycles. The molecule has 1 atom stereocenters. The van der Waals surface area contributed by atoms with Gasteiger partial charge in [0.05, 0.1) is 17.0 Å². The van der Waals surface area contributed by atoms with Crippen molar-refractivity contribution in [1.29, 1.82) is 0 Å². The lowest BCUT2D eigenvalue weighted by molar-refractivity contribution is 0.0956. The molecule has 1 aliphatic carbocycles. The highest BCUT2D eigenvalue weighted by Gasteiger charge is 2.32. The second kappa shape index (κ2) is 6.84. The van der Waals surface area contributed by atoms with Gasteiger partial charge in [0.25, 0.3) is 0 Å². The average molecular weight is 406 g/mol. The maximum absolute atomic E-state index is 13.5. The van der Waals surface area contributed by atoms with Gasteiger partial charge in [-0.15, -0.1) is 21.5 Å². The van der Waals surface area contributed by atoms with Gasteiger partial charge in [0.2, 0.25) is 0 Å². The monoisotopic (exact) mass is 406 g/mol. The van der Waals surface area contributed by atoms with Crippen molar-refractivity contribution in [3.05, 3.63) is 69.6 Å². The molecule has 0 N–H and O–H groups in total. The lowest BCUT2D eigenvalue weighted by atomic mass is 9.87. The van der Waals surface area contributed by atoms with E-state index < -0.39 is 0 Å². The Balaban J connectivity index is 1.73. The summed E-state index contributed by atoms with van der Waals surface area (Å²) in [6, 6.07) is 10.4. The lowest BCUT2D eigenvalue weighted by Crippen LogP contribution is -2.23. The average Bonchev–Trinajstić information content (AvgIpc) is 3.36. The van der Waals surface area contributed by atoms with E-state index in [1.165, 1.54) is 17.0 Å². The van der Waals surface area contributed by atoms with Crippen LogP contribution in [0.2, 0.25) is 0 Å². The summed E-state index contributed by atoms with van der Waals surface area (Å²) in [6.07, 6.45) is 1.13. The first-order valence-corrected chi connectivity index (χ1v) is 10.5. The number of carbonyl (C=O) groups is 1.